The summed E-state index contributed by atoms with van der Waals surface area (Å²) < 4.78 is 11.2. The first-order valence-electron chi connectivity index (χ1n) is 8.30. The van der Waals surface area contributed by atoms with Crippen LogP contribution in [0.1, 0.15) is 42.5 Å². The molecule has 1 fully saturated rings. The smallest absolute Gasteiger partial charge is 0.333 e. The van der Waals surface area contributed by atoms with Crippen LogP contribution in [0.5, 0.6) is 5.75 Å². The van der Waals surface area contributed by atoms with E-state index in [-0.39, 0.29) is 17.9 Å². The number of carbonyl (C=O) groups excluding carboxylic acids is 1. The van der Waals surface area contributed by atoms with E-state index in [1.807, 2.05) is 26.0 Å². The van der Waals surface area contributed by atoms with Crippen LogP contribution in [-0.2, 0) is 14.3 Å². The van der Waals surface area contributed by atoms with Crippen molar-refractivity contribution >= 4 is 11.9 Å². The molecule has 0 bridgehead atoms. The van der Waals surface area contributed by atoms with E-state index in [4.69, 9.17) is 14.6 Å². The summed E-state index contributed by atoms with van der Waals surface area (Å²) in [5, 5.41) is 12.1. The largest absolute Gasteiger partial charge is 0.493 e. The van der Waals surface area contributed by atoms with Crippen molar-refractivity contribution in [2.75, 3.05) is 6.61 Å². The number of aliphatic carboxylic acids is 1. The van der Waals surface area contributed by atoms with Crippen molar-refractivity contribution in [1.29, 1.82) is 0 Å². The third-order valence-electron chi connectivity index (χ3n) is 5.00. The average Bonchev–Trinajstić information content (AvgIpc) is 2.94. The van der Waals surface area contributed by atoms with Crippen molar-refractivity contribution < 1.29 is 24.2 Å². The zero-order chi connectivity index (χ0) is 17.4. The third-order valence-corrected chi connectivity index (χ3v) is 5.00. The minimum absolute atomic E-state index is 0.136. The molecule has 3 rings (SSSR count). The van der Waals surface area contributed by atoms with Gasteiger partial charge in [-0.1, -0.05) is 19.1 Å². The van der Waals surface area contributed by atoms with Crippen LogP contribution in [0, 0.1) is 19.8 Å². The highest BCUT2D eigenvalue weighted by atomic mass is 16.5. The molecule has 2 aliphatic rings. The van der Waals surface area contributed by atoms with Gasteiger partial charge in [-0.05, 0) is 37.3 Å². The molecule has 1 amide bonds. The van der Waals surface area contributed by atoms with Crippen molar-refractivity contribution in [2.45, 2.75) is 51.9 Å². The van der Waals surface area contributed by atoms with Crippen molar-refractivity contribution in [3.63, 3.8) is 0 Å². The van der Waals surface area contributed by atoms with Gasteiger partial charge in [0.25, 0.3) is 0 Å². The summed E-state index contributed by atoms with van der Waals surface area (Å²) in [5.41, 5.74) is 3.21. The molecule has 2 N–H and O–H groups in total. The highest BCUT2D eigenvalue weighted by Gasteiger charge is 2.41. The summed E-state index contributed by atoms with van der Waals surface area (Å²) in [6.07, 6.45) is -0.510. The number of benzene rings is 1. The molecule has 6 nitrogen and oxygen atoms in total. The van der Waals surface area contributed by atoms with Crippen molar-refractivity contribution in [3.05, 3.63) is 28.8 Å². The Hall–Kier alpha value is -2.08. The molecule has 0 spiro atoms. The third kappa shape index (κ3) is 2.98. The number of amides is 1. The Morgan fingerprint density at radius 2 is 2.04 bits per heavy atom. The van der Waals surface area contributed by atoms with E-state index >= 15 is 0 Å². The van der Waals surface area contributed by atoms with Gasteiger partial charge in [0.15, 0.2) is 6.10 Å². The van der Waals surface area contributed by atoms with Crippen LogP contribution >= 0.6 is 0 Å². The maximum Gasteiger partial charge on any atom is 0.333 e. The summed E-state index contributed by atoms with van der Waals surface area (Å²) in [6, 6.07) is 3.87. The Morgan fingerprint density at radius 3 is 2.71 bits per heavy atom. The second-order valence-corrected chi connectivity index (χ2v) is 6.72. The van der Waals surface area contributed by atoms with Gasteiger partial charge in [0.2, 0.25) is 5.91 Å². The molecular formula is C18H23NO5. The van der Waals surface area contributed by atoms with Gasteiger partial charge in [-0.3, -0.25) is 4.79 Å². The van der Waals surface area contributed by atoms with E-state index in [0.717, 1.165) is 22.4 Å². The second-order valence-electron chi connectivity index (χ2n) is 6.72. The number of ether oxygens (including phenoxy) is 2. The van der Waals surface area contributed by atoms with E-state index in [1.54, 1.807) is 6.92 Å². The lowest BCUT2D eigenvalue weighted by molar-refractivity contribution is -0.153. The van der Waals surface area contributed by atoms with Gasteiger partial charge in [0.1, 0.15) is 11.9 Å². The van der Waals surface area contributed by atoms with E-state index < -0.39 is 18.2 Å². The molecule has 0 saturated carbocycles. The Morgan fingerprint density at radius 1 is 1.29 bits per heavy atom. The highest BCUT2D eigenvalue weighted by Crippen LogP contribution is 2.36. The Balaban J connectivity index is 1.73. The molecule has 0 aromatic heterocycles. The van der Waals surface area contributed by atoms with Crippen LogP contribution < -0.4 is 10.1 Å². The molecule has 1 saturated heterocycles. The monoisotopic (exact) mass is 333 g/mol. The van der Waals surface area contributed by atoms with Gasteiger partial charge in [-0.25, -0.2) is 4.79 Å². The van der Waals surface area contributed by atoms with E-state index in [1.165, 1.54) is 0 Å². The van der Waals surface area contributed by atoms with E-state index in [9.17, 15) is 9.59 Å². The zero-order valence-electron chi connectivity index (χ0n) is 14.2. The number of nitrogens with one attached hydrogen (secondary N) is 1. The van der Waals surface area contributed by atoms with Gasteiger partial charge >= 0.3 is 5.97 Å². The minimum Gasteiger partial charge on any atom is -0.493 e. The number of hydrogen-bond donors (Lipinski definition) is 2. The Kier molecular flexibility index (Phi) is 4.49. The van der Waals surface area contributed by atoms with Gasteiger partial charge in [-0.2, -0.15) is 0 Å². The fourth-order valence-electron chi connectivity index (χ4n) is 3.42. The van der Waals surface area contributed by atoms with Crippen molar-refractivity contribution in [1.82, 2.24) is 5.32 Å². The lowest BCUT2D eigenvalue weighted by atomic mass is 9.95. The molecule has 0 unspecified atom stereocenters. The zero-order valence-corrected chi connectivity index (χ0v) is 14.2. The molecule has 4 atom stereocenters. The first-order valence-corrected chi connectivity index (χ1v) is 8.30. The molecule has 130 valence electrons. The molecule has 1 aromatic carbocycles. The van der Waals surface area contributed by atoms with Gasteiger partial charge in [0, 0.05) is 12.0 Å². The molecule has 2 aliphatic heterocycles. The van der Waals surface area contributed by atoms with Crippen molar-refractivity contribution in [2.24, 2.45) is 5.92 Å². The SMILES string of the molecule is Cc1ccc2c(c1C)OCC[C@@H]2NC(=O)[C@H]1C[C@@H](C)[C@H](C(=O)O)O1. The van der Waals surface area contributed by atoms with Crippen LogP contribution in [0.2, 0.25) is 0 Å². The molecular weight excluding hydrogens is 310 g/mol. The van der Waals surface area contributed by atoms with Gasteiger partial charge in [0.05, 0.1) is 12.6 Å². The summed E-state index contributed by atoms with van der Waals surface area (Å²) >= 11 is 0. The predicted molar refractivity (Wildman–Crippen MR) is 87.0 cm³/mol. The molecule has 0 aliphatic carbocycles. The Bertz CT molecular complexity index is 672. The normalized spacial score (nSPS) is 28.8. The maximum absolute atomic E-state index is 12.5. The number of hydrogen-bond acceptors (Lipinski definition) is 4. The van der Waals surface area contributed by atoms with E-state index in [2.05, 4.69) is 5.32 Å². The topological polar surface area (TPSA) is 84.9 Å². The molecule has 24 heavy (non-hydrogen) atoms. The number of carboxylic acids is 1. The van der Waals surface area contributed by atoms with Crippen LogP contribution in [0.4, 0.5) is 0 Å². The standard InChI is InChI=1S/C18H23NO5/c1-9-4-5-12-13(6-7-23-16(12)11(9)3)19-17(20)14-8-10(2)15(24-14)18(21)22/h4-5,10,13-15H,6-8H2,1-3H3,(H,19,20)(H,21,22)/t10-,13+,14-,15-/m1/s1. The van der Waals surface area contributed by atoms with E-state index in [0.29, 0.717) is 19.4 Å². The maximum atomic E-state index is 12.5. The van der Waals surface area contributed by atoms with Crippen molar-refractivity contribution in [3.8, 4) is 5.75 Å². The molecule has 1 aromatic rings. The van der Waals surface area contributed by atoms with Crippen LogP contribution in [0.3, 0.4) is 0 Å². The second kappa shape index (κ2) is 6.43. The first-order chi connectivity index (χ1) is 11.4. The quantitative estimate of drug-likeness (QED) is 0.885. The number of rotatable bonds is 3. The fraction of sp³-hybridized carbons (Fsp3) is 0.556. The minimum atomic E-state index is -1.01. The highest BCUT2D eigenvalue weighted by molar-refractivity contribution is 5.83. The summed E-state index contributed by atoms with van der Waals surface area (Å²) in [5.74, 6) is -0.595. The summed E-state index contributed by atoms with van der Waals surface area (Å²) in [6.45, 7) is 6.38. The average molecular weight is 333 g/mol. The van der Waals surface area contributed by atoms with Crippen LogP contribution in [0.25, 0.3) is 0 Å². The summed E-state index contributed by atoms with van der Waals surface area (Å²) in [7, 11) is 0. The van der Waals surface area contributed by atoms with Crippen LogP contribution in [0.15, 0.2) is 12.1 Å². The number of aryl methyl sites for hydroxylation is 1. The number of carbonyl (C=O) groups is 2. The summed E-state index contributed by atoms with van der Waals surface area (Å²) in [4.78, 5) is 23.6. The molecule has 6 heteroatoms. The van der Waals surface area contributed by atoms with Gasteiger partial charge < -0.3 is 19.9 Å². The number of carboxylic acid groups (broad SMARTS) is 1. The predicted octanol–water partition coefficient (Wildman–Crippen LogP) is 2.12. The molecule has 2 heterocycles. The molecule has 0 radical (unpaired) electrons. The van der Waals surface area contributed by atoms with Gasteiger partial charge in [-0.15, -0.1) is 0 Å². The Labute approximate surface area is 141 Å². The van der Waals surface area contributed by atoms with Crippen LogP contribution in [-0.4, -0.2) is 35.8 Å². The first kappa shape index (κ1) is 16.8. The lowest BCUT2D eigenvalue weighted by Gasteiger charge is -2.29. The number of fused-ring (bicyclic) bond motifs is 1. The fourth-order valence-corrected chi connectivity index (χ4v) is 3.42. The lowest BCUT2D eigenvalue weighted by Crippen LogP contribution is -2.39.